The van der Waals surface area contributed by atoms with Crippen LogP contribution in [0.25, 0.3) is 5.69 Å². The molecule has 2 aromatic rings. The van der Waals surface area contributed by atoms with E-state index in [1.807, 2.05) is 32.0 Å². The number of ether oxygens (including phenoxy) is 2. The molecule has 0 aliphatic carbocycles. The number of aldehydes is 1. The average molecular weight is 316 g/mol. The Balaban J connectivity index is 2.72. The first-order valence-corrected chi connectivity index (χ1v) is 7.43. The van der Waals surface area contributed by atoms with E-state index in [1.165, 1.54) is 0 Å². The fourth-order valence-corrected chi connectivity index (χ4v) is 2.45. The quantitative estimate of drug-likeness (QED) is 0.605. The van der Waals surface area contributed by atoms with Gasteiger partial charge in [0.15, 0.2) is 12.0 Å². The number of nitrogens with zero attached hydrogens (tertiary/aromatic N) is 2. The van der Waals surface area contributed by atoms with Crippen LogP contribution in [0, 0.1) is 0 Å². The van der Waals surface area contributed by atoms with Gasteiger partial charge in [0.1, 0.15) is 11.4 Å². The van der Waals surface area contributed by atoms with Gasteiger partial charge in [-0.1, -0.05) is 26.0 Å². The number of benzene rings is 1. The van der Waals surface area contributed by atoms with Gasteiger partial charge in [0.2, 0.25) is 0 Å². The van der Waals surface area contributed by atoms with E-state index in [0.717, 1.165) is 0 Å². The second kappa shape index (κ2) is 7.09. The van der Waals surface area contributed by atoms with Crippen molar-refractivity contribution >= 4 is 12.3 Å². The maximum atomic E-state index is 12.1. The normalized spacial score (nSPS) is 10.7. The Hall–Kier alpha value is -2.63. The highest BCUT2D eigenvalue weighted by molar-refractivity contribution is 5.97. The molecule has 23 heavy (non-hydrogen) atoms. The lowest BCUT2D eigenvalue weighted by Gasteiger charge is -2.13. The number of hydrogen-bond donors (Lipinski definition) is 0. The summed E-state index contributed by atoms with van der Waals surface area (Å²) in [6, 6.07) is 7.30. The van der Waals surface area contributed by atoms with Crippen molar-refractivity contribution in [3.8, 4) is 11.4 Å². The predicted molar refractivity (Wildman–Crippen MR) is 85.5 cm³/mol. The highest BCUT2D eigenvalue weighted by Gasteiger charge is 2.26. The van der Waals surface area contributed by atoms with Crippen molar-refractivity contribution in [3.05, 3.63) is 41.2 Å². The van der Waals surface area contributed by atoms with Crippen molar-refractivity contribution in [3.63, 3.8) is 0 Å². The summed E-state index contributed by atoms with van der Waals surface area (Å²) < 4.78 is 11.9. The molecular weight excluding hydrogens is 296 g/mol. The Morgan fingerprint density at radius 3 is 2.61 bits per heavy atom. The number of methoxy groups -OCH3 is 1. The summed E-state index contributed by atoms with van der Waals surface area (Å²) in [5, 5.41) is 4.33. The summed E-state index contributed by atoms with van der Waals surface area (Å²) >= 11 is 0. The standard InChI is InChI=1S/C17H20N2O4/c1-5-23-17(21)15-12(10-20)16(11(2)3)19(18-15)13-8-6-7-9-14(13)22-4/h6-11H,5H2,1-4H3. The van der Waals surface area contributed by atoms with Crippen LogP contribution in [-0.2, 0) is 4.74 Å². The Bertz CT molecular complexity index is 719. The average Bonchev–Trinajstić information content (AvgIpc) is 2.94. The van der Waals surface area contributed by atoms with Crippen LogP contribution in [0.4, 0.5) is 0 Å². The van der Waals surface area contributed by atoms with Crippen LogP contribution in [0.3, 0.4) is 0 Å². The van der Waals surface area contributed by atoms with E-state index >= 15 is 0 Å². The predicted octanol–water partition coefficient (Wildman–Crippen LogP) is 2.99. The largest absolute Gasteiger partial charge is 0.494 e. The van der Waals surface area contributed by atoms with Crippen LogP contribution in [0.2, 0.25) is 0 Å². The maximum absolute atomic E-state index is 12.1. The first-order valence-electron chi connectivity index (χ1n) is 7.43. The molecule has 0 aliphatic rings. The third-order valence-electron chi connectivity index (χ3n) is 3.41. The summed E-state index contributed by atoms with van der Waals surface area (Å²) in [5.74, 6) is -0.0225. The molecule has 6 nitrogen and oxygen atoms in total. The highest BCUT2D eigenvalue weighted by Crippen LogP contribution is 2.29. The van der Waals surface area contributed by atoms with Crippen molar-refractivity contribution in [2.75, 3.05) is 13.7 Å². The van der Waals surface area contributed by atoms with E-state index in [4.69, 9.17) is 9.47 Å². The molecule has 6 heteroatoms. The molecule has 0 unspecified atom stereocenters. The van der Waals surface area contributed by atoms with Crippen molar-refractivity contribution in [2.24, 2.45) is 0 Å². The number of carbonyl (C=O) groups is 2. The molecule has 2 rings (SSSR count). The molecule has 0 spiro atoms. The van der Waals surface area contributed by atoms with Gasteiger partial charge >= 0.3 is 5.97 Å². The second-order valence-electron chi connectivity index (χ2n) is 5.22. The van der Waals surface area contributed by atoms with Crippen LogP contribution in [-0.4, -0.2) is 35.8 Å². The van der Waals surface area contributed by atoms with E-state index in [-0.39, 0.29) is 23.8 Å². The van der Waals surface area contributed by atoms with Gasteiger partial charge in [0.25, 0.3) is 0 Å². The van der Waals surface area contributed by atoms with E-state index in [9.17, 15) is 9.59 Å². The number of aromatic nitrogens is 2. The zero-order chi connectivity index (χ0) is 17.0. The first-order chi connectivity index (χ1) is 11.0. The number of hydrogen-bond acceptors (Lipinski definition) is 5. The minimum Gasteiger partial charge on any atom is -0.494 e. The molecule has 0 N–H and O–H groups in total. The molecule has 1 aromatic heterocycles. The minimum atomic E-state index is -0.606. The minimum absolute atomic E-state index is 0.0178. The van der Waals surface area contributed by atoms with Gasteiger partial charge in [0.05, 0.1) is 25.0 Å². The van der Waals surface area contributed by atoms with E-state index < -0.39 is 5.97 Å². The zero-order valence-electron chi connectivity index (χ0n) is 13.7. The van der Waals surface area contributed by atoms with Gasteiger partial charge in [-0.25, -0.2) is 9.48 Å². The zero-order valence-corrected chi connectivity index (χ0v) is 13.7. The van der Waals surface area contributed by atoms with Crippen molar-refractivity contribution < 1.29 is 19.1 Å². The lowest BCUT2D eigenvalue weighted by molar-refractivity contribution is 0.0517. The van der Waals surface area contributed by atoms with Crippen LogP contribution in [0.5, 0.6) is 5.75 Å². The lowest BCUT2D eigenvalue weighted by atomic mass is 10.0. The summed E-state index contributed by atoms with van der Waals surface area (Å²) in [6.45, 7) is 5.80. The molecule has 0 atom stereocenters. The molecule has 1 heterocycles. The maximum Gasteiger partial charge on any atom is 0.359 e. The van der Waals surface area contributed by atoms with E-state index in [2.05, 4.69) is 5.10 Å². The Morgan fingerprint density at radius 1 is 1.35 bits per heavy atom. The lowest BCUT2D eigenvalue weighted by Crippen LogP contribution is -2.08. The number of carbonyl (C=O) groups excluding carboxylic acids is 2. The Kier molecular flexibility index (Phi) is 5.16. The number of rotatable bonds is 6. The Morgan fingerprint density at radius 2 is 2.04 bits per heavy atom. The third-order valence-corrected chi connectivity index (χ3v) is 3.41. The summed E-state index contributed by atoms with van der Waals surface area (Å²) in [7, 11) is 1.56. The van der Waals surface area contributed by atoms with Crippen LogP contribution < -0.4 is 4.74 Å². The monoisotopic (exact) mass is 316 g/mol. The molecular formula is C17H20N2O4. The third kappa shape index (κ3) is 3.11. The van der Waals surface area contributed by atoms with Gasteiger partial charge < -0.3 is 9.47 Å². The topological polar surface area (TPSA) is 70.4 Å². The first kappa shape index (κ1) is 16.7. The Labute approximate surface area is 135 Å². The highest BCUT2D eigenvalue weighted by atomic mass is 16.5. The molecule has 122 valence electrons. The number of para-hydroxylation sites is 2. The van der Waals surface area contributed by atoms with Crippen molar-refractivity contribution in [2.45, 2.75) is 26.7 Å². The second-order valence-corrected chi connectivity index (χ2v) is 5.22. The molecule has 0 saturated carbocycles. The summed E-state index contributed by atoms with van der Waals surface area (Å²) in [4.78, 5) is 23.7. The molecule has 0 aliphatic heterocycles. The fraction of sp³-hybridized carbons (Fsp3) is 0.353. The van der Waals surface area contributed by atoms with E-state index in [1.54, 1.807) is 24.8 Å². The van der Waals surface area contributed by atoms with Gasteiger partial charge in [0, 0.05) is 0 Å². The van der Waals surface area contributed by atoms with Gasteiger partial charge in [-0.3, -0.25) is 4.79 Å². The summed E-state index contributed by atoms with van der Waals surface area (Å²) in [6.07, 6.45) is 0.653. The van der Waals surface area contributed by atoms with Crippen molar-refractivity contribution in [1.82, 2.24) is 9.78 Å². The summed E-state index contributed by atoms with van der Waals surface area (Å²) in [5.41, 5.74) is 1.59. The van der Waals surface area contributed by atoms with E-state index in [0.29, 0.717) is 23.4 Å². The van der Waals surface area contributed by atoms with Gasteiger partial charge in [-0.05, 0) is 25.0 Å². The van der Waals surface area contributed by atoms with Crippen LogP contribution in [0.15, 0.2) is 24.3 Å². The smallest absolute Gasteiger partial charge is 0.359 e. The molecule has 0 fully saturated rings. The van der Waals surface area contributed by atoms with Crippen molar-refractivity contribution in [1.29, 1.82) is 0 Å². The molecule has 0 radical (unpaired) electrons. The molecule has 0 saturated heterocycles. The van der Waals surface area contributed by atoms with Crippen LogP contribution >= 0.6 is 0 Å². The van der Waals surface area contributed by atoms with Crippen LogP contribution in [0.1, 0.15) is 53.2 Å². The molecule has 0 amide bonds. The van der Waals surface area contributed by atoms with Gasteiger partial charge in [-0.15, -0.1) is 0 Å². The SMILES string of the molecule is CCOC(=O)c1nn(-c2ccccc2OC)c(C(C)C)c1C=O. The molecule has 0 bridgehead atoms. The molecule has 1 aromatic carbocycles. The van der Waals surface area contributed by atoms with Gasteiger partial charge in [-0.2, -0.15) is 5.10 Å². The fourth-order valence-electron chi connectivity index (χ4n) is 2.45. The number of esters is 1.